The van der Waals surface area contributed by atoms with Gasteiger partial charge in [0.1, 0.15) is 0 Å². The highest BCUT2D eigenvalue weighted by atomic mass is 16.5. The quantitative estimate of drug-likeness (QED) is 0.766. The van der Waals surface area contributed by atoms with Crippen molar-refractivity contribution in [2.75, 3.05) is 13.1 Å². The number of piperidine rings is 1. The van der Waals surface area contributed by atoms with E-state index in [1.165, 1.54) is 21.6 Å². The van der Waals surface area contributed by atoms with Crippen LogP contribution in [0.4, 0.5) is 4.79 Å². The first-order chi connectivity index (χ1) is 8.61. The molecule has 1 spiro atoms. The van der Waals surface area contributed by atoms with Gasteiger partial charge in [0.2, 0.25) is 0 Å². The van der Waals surface area contributed by atoms with Crippen LogP contribution in [0.5, 0.6) is 0 Å². The lowest BCUT2D eigenvalue weighted by Crippen LogP contribution is -2.44. The summed E-state index contributed by atoms with van der Waals surface area (Å²) in [5, 5.41) is 8.99. The average molecular weight is 247 g/mol. The third-order valence-corrected chi connectivity index (χ3v) is 4.10. The molecular formula is C14H17NO3. The maximum Gasteiger partial charge on any atom is 0.407 e. The number of fused-ring (bicyclic) bond motifs is 2. The summed E-state index contributed by atoms with van der Waals surface area (Å²) in [6.07, 6.45) is 0.693. The molecule has 1 saturated heterocycles. The lowest BCUT2D eigenvalue weighted by molar-refractivity contribution is -0.0750. The van der Waals surface area contributed by atoms with E-state index in [1.54, 1.807) is 0 Å². The van der Waals surface area contributed by atoms with Crippen molar-refractivity contribution in [1.82, 2.24) is 4.90 Å². The summed E-state index contributed by atoms with van der Waals surface area (Å²) < 4.78 is 6.02. The van der Waals surface area contributed by atoms with Crippen molar-refractivity contribution in [1.29, 1.82) is 0 Å². The van der Waals surface area contributed by atoms with Gasteiger partial charge in [0.25, 0.3) is 0 Å². The van der Waals surface area contributed by atoms with Gasteiger partial charge in [-0.2, -0.15) is 0 Å². The lowest BCUT2D eigenvalue weighted by atomic mass is 9.83. The lowest BCUT2D eigenvalue weighted by Gasteiger charge is -2.38. The van der Waals surface area contributed by atoms with Crippen LogP contribution in [0, 0.1) is 6.92 Å². The van der Waals surface area contributed by atoms with Crippen LogP contribution in [0.15, 0.2) is 18.2 Å². The zero-order valence-electron chi connectivity index (χ0n) is 10.5. The number of hydrogen-bond donors (Lipinski definition) is 1. The predicted octanol–water partition coefficient (Wildman–Crippen LogP) is 2.49. The number of aryl methyl sites for hydroxylation is 1. The van der Waals surface area contributed by atoms with E-state index >= 15 is 0 Å². The minimum absolute atomic E-state index is 0.243. The van der Waals surface area contributed by atoms with E-state index < -0.39 is 6.09 Å². The van der Waals surface area contributed by atoms with Gasteiger partial charge in [-0.15, -0.1) is 0 Å². The molecule has 0 unspecified atom stereocenters. The fraction of sp³-hybridized carbons (Fsp3) is 0.500. The molecule has 2 heterocycles. The van der Waals surface area contributed by atoms with Gasteiger partial charge in [0.05, 0.1) is 12.2 Å². The number of benzene rings is 1. The highest BCUT2D eigenvalue weighted by Crippen LogP contribution is 2.44. The number of hydrogen-bond acceptors (Lipinski definition) is 2. The van der Waals surface area contributed by atoms with Crippen LogP contribution in [0.1, 0.15) is 29.5 Å². The first-order valence-electron chi connectivity index (χ1n) is 6.33. The summed E-state index contributed by atoms with van der Waals surface area (Å²) in [7, 11) is 0. The molecule has 1 N–H and O–H groups in total. The minimum Gasteiger partial charge on any atom is -0.465 e. The summed E-state index contributed by atoms with van der Waals surface area (Å²) in [6, 6.07) is 6.43. The Morgan fingerprint density at radius 1 is 1.39 bits per heavy atom. The van der Waals surface area contributed by atoms with Crippen LogP contribution >= 0.6 is 0 Å². The Hall–Kier alpha value is -1.55. The van der Waals surface area contributed by atoms with Gasteiger partial charge in [-0.3, -0.25) is 0 Å². The van der Waals surface area contributed by atoms with Crippen molar-refractivity contribution in [2.45, 2.75) is 32.0 Å². The molecule has 4 heteroatoms. The molecule has 1 fully saturated rings. The molecule has 2 aliphatic rings. The van der Waals surface area contributed by atoms with Gasteiger partial charge >= 0.3 is 6.09 Å². The van der Waals surface area contributed by atoms with Gasteiger partial charge in [-0.1, -0.05) is 23.8 Å². The fourth-order valence-corrected chi connectivity index (χ4v) is 3.01. The third-order valence-electron chi connectivity index (χ3n) is 4.10. The number of nitrogens with zero attached hydrogens (tertiary/aromatic N) is 1. The molecule has 1 amide bonds. The van der Waals surface area contributed by atoms with Crippen LogP contribution < -0.4 is 0 Å². The van der Waals surface area contributed by atoms with E-state index in [4.69, 9.17) is 9.84 Å². The first-order valence-corrected chi connectivity index (χ1v) is 6.33. The largest absolute Gasteiger partial charge is 0.465 e. The molecule has 0 aromatic heterocycles. The highest BCUT2D eigenvalue weighted by Gasteiger charge is 2.43. The predicted molar refractivity (Wildman–Crippen MR) is 66.5 cm³/mol. The van der Waals surface area contributed by atoms with E-state index in [0.717, 1.165) is 12.8 Å². The number of carbonyl (C=O) groups is 1. The SMILES string of the molecule is Cc1ccc2c(c1)C1(CCN(C(=O)O)CC1)OC2. The minimum atomic E-state index is -0.827. The third kappa shape index (κ3) is 1.68. The molecule has 0 radical (unpaired) electrons. The molecule has 2 aliphatic heterocycles. The second-order valence-corrected chi connectivity index (χ2v) is 5.21. The molecule has 3 rings (SSSR count). The normalized spacial score (nSPS) is 21.1. The molecule has 0 aliphatic carbocycles. The molecule has 1 aromatic carbocycles. The van der Waals surface area contributed by atoms with Crippen LogP contribution in [0.2, 0.25) is 0 Å². The number of amides is 1. The number of rotatable bonds is 0. The van der Waals surface area contributed by atoms with E-state index in [1.807, 2.05) is 0 Å². The first kappa shape index (κ1) is 11.5. The summed E-state index contributed by atoms with van der Waals surface area (Å²) in [5.41, 5.74) is 3.52. The van der Waals surface area contributed by atoms with E-state index in [-0.39, 0.29) is 5.60 Å². The zero-order chi connectivity index (χ0) is 12.8. The van der Waals surface area contributed by atoms with Crippen molar-refractivity contribution in [2.24, 2.45) is 0 Å². The summed E-state index contributed by atoms with van der Waals surface area (Å²) in [6.45, 7) is 3.85. The Morgan fingerprint density at radius 3 is 2.78 bits per heavy atom. The van der Waals surface area contributed by atoms with Crippen LogP contribution in [-0.2, 0) is 16.9 Å². The maximum absolute atomic E-state index is 10.9. The number of carboxylic acid groups (broad SMARTS) is 1. The van der Waals surface area contributed by atoms with E-state index in [2.05, 4.69) is 25.1 Å². The van der Waals surface area contributed by atoms with Crippen LogP contribution in [0.25, 0.3) is 0 Å². The molecular weight excluding hydrogens is 230 g/mol. The molecule has 4 nitrogen and oxygen atoms in total. The Morgan fingerprint density at radius 2 is 2.11 bits per heavy atom. The molecule has 0 atom stereocenters. The Kier molecular flexibility index (Phi) is 2.55. The summed E-state index contributed by atoms with van der Waals surface area (Å²) in [5.74, 6) is 0. The monoisotopic (exact) mass is 247 g/mol. The van der Waals surface area contributed by atoms with Gasteiger partial charge in [-0.25, -0.2) is 4.79 Å². The molecule has 18 heavy (non-hydrogen) atoms. The van der Waals surface area contributed by atoms with Gasteiger partial charge in [0, 0.05) is 13.1 Å². The van der Waals surface area contributed by atoms with Crippen LogP contribution in [-0.4, -0.2) is 29.2 Å². The average Bonchev–Trinajstić information content (AvgIpc) is 2.69. The highest BCUT2D eigenvalue weighted by molar-refractivity contribution is 5.65. The molecule has 96 valence electrons. The Bertz CT molecular complexity index is 490. The van der Waals surface area contributed by atoms with Gasteiger partial charge in [0.15, 0.2) is 0 Å². The zero-order valence-corrected chi connectivity index (χ0v) is 10.5. The topological polar surface area (TPSA) is 49.8 Å². The fourth-order valence-electron chi connectivity index (χ4n) is 3.01. The van der Waals surface area contributed by atoms with E-state index in [9.17, 15) is 4.79 Å². The maximum atomic E-state index is 10.9. The van der Waals surface area contributed by atoms with Crippen molar-refractivity contribution in [3.63, 3.8) is 0 Å². The number of likely N-dealkylation sites (tertiary alicyclic amines) is 1. The number of ether oxygens (including phenoxy) is 1. The molecule has 0 saturated carbocycles. The second-order valence-electron chi connectivity index (χ2n) is 5.21. The van der Waals surface area contributed by atoms with Crippen molar-refractivity contribution in [3.8, 4) is 0 Å². The Balaban J connectivity index is 1.88. The standard InChI is InChI=1S/C14H17NO3/c1-10-2-3-11-9-18-14(12(11)8-10)4-6-15(7-5-14)13(16)17/h2-3,8H,4-7,9H2,1H3,(H,16,17). The molecule has 1 aromatic rings. The van der Waals surface area contributed by atoms with Gasteiger partial charge in [-0.05, 0) is 30.9 Å². The van der Waals surface area contributed by atoms with Crippen molar-refractivity contribution in [3.05, 3.63) is 34.9 Å². The van der Waals surface area contributed by atoms with Crippen LogP contribution in [0.3, 0.4) is 0 Å². The Labute approximate surface area is 106 Å². The summed E-state index contributed by atoms with van der Waals surface area (Å²) in [4.78, 5) is 12.4. The van der Waals surface area contributed by atoms with Crippen molar-refractivity contribution >= 4 is 6.09 Å². The summed E-state index contributed by atoms with van der Waals surface area (Å²) >= 11 is 0. The smallest absolute Gasteiger partial charge is 0.407 e. The second kappa shape index (κ2) is 3.99. The van der Waals surface area contributed by atoms with Crippen molar-refractivity contribution < 1.29 is 14.6 Å². The molecule has 0 bridgehead atoms. The van der Waals surface area contributed by atoms with Gasteiger partial charge < -0.3 is 14.7 Å². The van der Waals surface area contributed by atoms with E-state index in [0.29, 0.717) is 19.7 Å².